The van der Waals surface area contributed by atoms with Gasteiger partial charge < -0.3 is 4.74 Å². The van der Waals surface area contributed by atoms with Crippen molar-refractivity contribution in [1.29, 1.82) is 0 Å². The highest BCUT2D eigenvalue weighted by Gasteiger charge is 2.24. The van der Waals surface area contributed by atoms with E-state index in [0.717, 1.165) is 42.7 Å². The SMILES string of the molecule is CCCCC1CCC(OC(=O)c2ccc(-c3ccc(S(=O)(=O)O)cc3)cc2)CC1. The molecule has 0 unspecified atom stereocenters. The summed E-state index contributed by atoms with van der Waals surface area (Å²) in [5.41, 5.74) is 2.15. The summed E-state index contributed by atoms with van der Waals surface area (Å²) in [5, 5.41) is 0. The van der Waals surface area contributed by atoms with E-state index in [1.54, 1.807) is 36.4 Å². The molecule has 0 bridgehead atoms. The maximum absolute atomic E-state index is 12.5. The van der Waals surface area contributed by atoms with Gasteiger partial charge in [0, 0.05) is 0 Å². The number of esters is 1. The first kappa shape index (κ1) is 21.5. The predicted octanol–water partition coefficient (Wildman–Crippen LogP) is 5.51. The first-order valence-electron chi connectivity index (χ1n) is 10.3. The number of unbranched alkanes of at least 4 members (excludes halogenated alkanes) is 1. The molecule has 1 fully saturated rings. The highest BCUT2D eigenvalue weighted by Crippen LogP contribution is 2.30. The molecular formula is C23H28O5S. The van der Waals surface area contributed by atoms with Crippen LogP contribution in [0.15, 0.2) is 53.4 Å². The summed E-state index contributed by atoms with van der Waals surface area (Å²) in [6, 6.07) is 13.0. The molecule has 6 heteroatoms. The van der Waals surface area contributed by atoms with Gasteiger partial charge in [-0.25, -0.2) is 4.79 Å². The van der Waals surface area contributed by atoms with E-state index in [2.05, 4.69) is 6.92 Å². The number of hydrogen-bond acceptors (Lipinski definition) is 4. The predicted molar refractivity (Wildman–Crippen MR) is 112 cm³/mol. The highest BCUT2D eigenvalue weighted by atomic mass is 32.2. The fraction of sp³-hybridized carbons (Fsp3) is 0.435. The van der Waals surface area contributed by atoms with Gasteiger partial charge in [-0.3, -0.25) is 4.55 Å². The maximum atomic E-state index is 12.5. The Morgan fingerprint density at radius 2 is 1.52 bits per heavy atom. The van der Waals surface area contributed by atoms with Crippen molar-refractivity contribution in [3.05, 3.63) is 54.1 Å². The summed E-state index contributed by atoms with van der Waals surface area (Å²) in [5.74, 6) is 0.478. The van der Waals surface area contributed by atoms with Crippen molar-refractivity contribution < 1.29 is 22.5 Å². The average Bonchev–Trinajstić information content (AvgIpc) is 2.73. The molecule has 0 aromatic heterocycles. The largest absolute Gasteiger partial charge is 0.459 e. The minimum absolute atomic E-state index is 0.00743. The Hall–Kier alpha value is -2.18. The Labute approximate surface area is 172 Å². The van der Waals surface area contributed by atoms with Crippen LogP contribution in [0.25, 0.3) is 11.1 Å². The number of carbonyl (C=O) groups excluding carboxylic acids is 1. The van der Waals surface area contributed by atoms with Crippen LogP contribution in [0.2, 0.25) is 0 Å². The van der Waals surface area contributed by atoms with Crippen molar-refractivity contribution in [3.8, 4) is 11.1 Å². The molecule has 0 radical (unpaired) electrons. The molecule has 0 atom stereocenters. The van der Waals surface area contributed by atoms with Crippen LogP contribution in [0.1, 0.15) is 62.2 Å². The lowest BCUT2D eigenvalue weighted by atomic mass is 9.84. The van der Waals surface area contributed by atoms with Crippen LogP contribution < -0.4 is 0 Å². The number of benzene rings is 2. The second kappa shape index (κ2) is 9.55. The lowest BCUT2D eigenvalue weighted by Gasteiger charge is -2.28. The van der Waals surface area contributed by atoms with Crippen molar-refractivity contribution in [2.45, 2.75) is 62.9 Å². The summed E-state index contributed by atoms with van der Waals surface area (Å²) >= 11 is 0. The molecular weight excluding hydrogens is 388 g/mol. The Bertz CT molecular complexity index is 909. The molecule has 29 heavy (non-hydrogen) atoms. The van der Waals surface area contributed by atoms with Crippen molar-refractivity contribution in [2.24, 2.45) is 5.92 Å². The lowest BCUT2D eigenvalue weighted by molar-refractivity contribution is 0.0161. The van der Waals surface area contributed by atoms with Gasteiger partial charge in [-0.15, -0.1) is 0 Å². The van der Waals surface area contributed by atoms with E-state index in [9.17, 15) is 13.2 Å². The zero-order valence-corrected chi connectivity index (χ0v) is 17.5. The molecule has 156 valence electrons. The number of hydrogen-bond donors (Lipinski definition) is 1. The topological polar surface area (TPSA) is 80.7 Å². The molecule has 0 aliphatic heterocycles. The summed E-state index contributed by atoms with van der Waals surface area (Å²) in [4.78, 5) is 12.3. The van der Waals surface area contributed by atoms with Crippen LogP contribution in [0.3, 0.4) is 0 Å². The van der Waals surface area contributed by atoms with Gasteiger partial charge in [0.1, 0.15) is 6.10 Å². The van der Waals surface area contributed by atoms with Crippen molar-refractivity contribution in [2.75, 3.05) is 0 Å². The first-order valence-corrected chi connectivity index (χ1v) is 11.7. The van der Waals surface area contributed by atoms with Crippen molar-refractivity contribution in [3.63, 3.8) is 0 Å². The molecule has 1 aliphatic rings. The number of ether oxygens (including phenoxy) is 1. The van der Waals surface area contributed by atoms with E-state index < -0.39 is 10.1 Å². The van der Waals surface area contributed by atoms with Crippen molar-refractivity contribution >= 4 is 16.1 Å². The molecule has 5 nitrogen and oxygen atoms in total. The van der Waals surface area contributed by atoms with Crippen LogP contribution in [0.5, 0.6) is 0 Å². The van der Waals surface area contributed by atoms with Gasteiger partial charge in [0.05, 0.1) is 10.5 Å². The van der Waals surface area contributed by atoms with Crippen LogP contribution in [0.4, 0.5) is 0 Å². The molecule has 2 aromatic carbocycles. The Kier molecular flexibility index (Phi) is 7.09. The van der Waals surface area contributed by atoms with Crippen molar-refractivity contribution in [1.82, 2.24) is 0 Å². The van der Waals surface area contributed by atoms with Gasteiger partial charge in [0.15, 0.2) is 0 Å². The summed E-state index contributed by atoms with van der Waals surface area (Å²) < 4.78 is 37.0. The van der Waals surface area contributed by atoms with E-state index in [-0.39, 0.29) is 17.0 Å². The quantitative estimate of drug-likeness (QED) is 0.476. The van der Waals surface area contributed by atoms with Gasteiger partial charge in [-0.2, -0.15) is 8.42 Å². The zero-order valence-electron chi connectivity index (χ0n) is 16.7. The molecule has 0 saturated heterocycles. The summed E-state index contributed by atoms with van der Waals surface area (Å²) in [6.07, 6.45) is 7.95. The van der Waals surface area contributed by atoms with Gasteiger partial charge >= 0.3 is 5.97 Å². The fourth-order valence-electron chi connectivity index (χ4n) is 3.87. The fourth-order valence-corrected chi connectivity index (χ4v) is 4.35. The van der Waals surface area contributed by atoms with E-state index in [0.29, 0.717) is 5.56 Å². The smallest absolute Gasteiger partial charge is 0.338 e. The van der Waals surface area contributed by atoms with Crippen LogP contribution in [-0.4, -0.2) is 25.0 Å². The van der Waals surface area contributed by atoms with Crippen LogP contribution in [0, 0.1) is 5.92 Å². The standard InChI is InChI=1S/C23H28O5S/c1-2-3-4-17-5-13-21(14-6-17)28-23(24)20-9-7-18(8-10-20)19-11-15-22(16-12-19)29(25,26)27/h7-12,15-17,21H,2-6,13-14H2,1H3,(H,25,26,27). The van der Waals surface area contributed by atoms with Gasteiger partial charge in [0.2, 0.25) is 0 Å². The van der Waals surface area contributed by atoms with E-state index >= 15 is 0 Å². The van der Waals surface area contributed by atoms with Crippen LogP contribution in [-0.2, 0) is 14.9 Å². The molecule has 1 N–H and O–H groups in total. The Balaban J connectivity index is 1.57. The van der Waals surface area contributed by atoms with E-state index in [4.69, 9.17) is 9.29 Å². The second-order valence-corrected chi connectivity index (χ2v) is 9.19. The third-order valence-electron chi connectivity index (χ3n) is 5.64. The first-order chi connectivity index (χ1) is 13.9. The highest BCUT2D eigenvalue weighted by molar-refractivity contribution is 7.85. The molecule has 2 aromatic rings. The monoisotopic (exact) mass is 416 g/mol. The Morgan fingerprint density at radius 1 is 0.966 bits per heavy atom. The lowest BCUT2D eigenvalue weighted by Crippen LogP contribution is -2.24. The molecule has 1 saturated carbocycles. The molecule has 1 aliphatic carbocycles. The van der Waals surface area contributed by atoms with Gasteiger partial charge in [-0.05, 0) is 67.0 Å². The third kappa shape index (κ3) is 5.90. The van der Waals surface area contributed by atoms with E-state index in [1.807, 2.05) is 0 Å². The molecule has 0 spiro atoms. The average molecular weight is 417 g/mol. The Morgan fingerprint density at radius 3 is 2.03 bits per heavy atom. The van der Waals surface area contributed by atoms with Gasteiger partial charge in [0.25, 0.3) is 10.1 Å². The molecule has 0 amide bonds. The molecule has 3 rings (SSSR count). The van der Waals surface area contributed by atoms with Gasteiger partial charge in [-0.1, -0.05) is 50.5 Å². The summed E-state index contributed by atoms with van der Waals surface area (Å²) in [6.45, 7) is 2.22. The third-order valence-corrected chi connectivity index (χ3v) is 6.51. The maximum Gasteiger partial charge on any atom is 0.338 e. The van der Waals surface area contributed by atoms with Crippen LogP contribution >= 0.6 is 0 Å². The second-order valence-electron chi connectivity index (χ2n) is 7.77. The number of carbonyl (C=O) groups is 1. The number of rotatable bonds is 7. The minimum atomic E-state index is -4.20. The normalized spacial score (nSPS) is 19.7. The summed E-state index contributed by atoms with van der Waals surface area (Å²) in [7, 11) is -4.20. The minimum Gasteiger partial charge on any atom is -0.459 e. The zero-order chi connectivity index (χ0) is 20.9. The van der Waals surface area contributed by atoms with E-state index in [1.165, 1.54) is 31.4 Å². The molecule has 0 heterocycles.